The van der Waals surface area contributed by atoms with Crippen molar-refractivity contribution in [2.45, 2.75) is 9.79 Å². The topological polar surface area (TPSA) is 9.86 Å². The van der Waals surface area contributed by atoms with Crippen molar-refractivity contribution in [3.63, 3.8) is 0 Å². The number of hydrogen-bond donors (Lipinski definition) is 0. The van der Waals surface area contributed by atoms with Crippen LogP contribution < -0.4 is 0 Å². The molecule has 2 aromatic heterocycles. The average molecular weight is 515 g/mol. The number of rotatable bonds is 2. The van der Waals surface area contributed by atoms with Gasteiger partial charge in [0, 0.05) is 31.3 Å². The molecule has 0 radical (unpaired) electrons. The van der Waals surface area contributed by atoms with Gasteiger partial charge in [-0.15, -0.1) is 0 Å². The Kier molecular flexibility index (Phi) is 4.29. The molecule has 0 N–H and O–H groups in total. The molecule has 6 aromatic carbocycles. The van der Waals surface area contributed by atoms with E-state index in [9.17, 15) is 0 Å². The van der Waals surface area contributed by atoms with Crippen LogP contribution in [-0.4, -0.2) is 9.13 Å². The first-order valence-corrected chi connectivity index (χ1v) is 14.1. The van der Waals surface area contributed by atoms with Gasteiger partial charge in [-0.25, -0.2) is 0 Å². The number of nitrogens with zero attached hydrogens (tertiary/aromatic N) is 2. The Labute approximate surface area is 229 Å². The van der Waals surface area contributed by atoms with Crippen molar-refractivity contribution in [3.05, 3.63) is 133 Å². The summed E-state index contributed by atoms with van der Waals surface area (Å²) in [5.41, 5.74) is 8.70. The molecule has 3 heteroatoms. The third-order valence-electron chi connectivity index (χ3n) is 8.11. The van der Waals surface area contributed by atoms with Gasteiger partial charge < -0.3 is 0 Å². The fourth-order valence-corrected chi connectivity index (χ4v) is 7.61. The highest BCUT2D eigenvalue weighted by atomic mass is 32.2. The van der Waals surface area contributed by atoms with E-state index < -0.39 is 0 Å². The van der Waals surface area contributed by atoms with Crippen LogP contribution in [0.3, 0.4) is 0 Å². The summed E-state index contributed by atoms with van der Waals surface area (Å²) in [6.45, 7) is 0. The van der Waals surface area contributed by atoms with E-state index in [1.165, 1.54) is 75.9 Å². The van der Waals surface area contributed by atoms with Gasteiger partial charge in [-0.2, -0.15) is 0 Å². The van der Waals surface area contributed by atoms with Crippen molar-refractivity contribution in [2.24, 2.45) is 0 Å². The molecule has 0 aliphatic carbocycles. The van der Waals surface area contributed by atoms with Gasteiger partial charge in [0.25, 0.3) is 0 Å². The Hall–Kier alpha value is -4.73. The third-order valence-corrected chi connectivity index (χ3v) is 9.22. The molecule has 0 amide bonds. The molecule has 39 heavy (non-hydrogen) atoms. The minimum absolute atomic E-state index is 1.20. The van der Waals surface area contributed by atoms with E-state index in [0.717, 1.165) is 0 Å². The lowest BCUT2D eigenvalue weighted by atomic mass is 9.97. The lowest BCUT2D eigenvalue weighted by molar-refractivity contribution is 1.03. The monoisotopic (exact) mass is 514 g/mol. The molecule has 9 rings (SSSR count). The fourth-order valence-electron chi connectivity index (χ4n) is 6.52. The van der Waals surface area contributed by atoms with Crippen molar-refractivity contribution in [3.8, 4) is 22.5 Å². The standard InChI is InChI=1S/C36H22N2S/c1-2-11-23(12-3-1)24-21-22-30(26-14-5-4-13-25(24)26)37-29-17-7-6-15-27(29)34-28-16-10-20-33-35(28)38(36(34)37)31-18-8-9-19-32(31)39-33/h1-22H. The van der Waals surface area contributed by atoms with Crippen molar-refractivity contribution in [1.82, 2.24) is 9.13 Å². The molecule has 0 fully saturated rings. The summed E-state index contributed by atoms with van der Waals surface area (Å²) in [6, 6.07) is 48.6. The molecular weight excluding hydrogens is 492 g/mol. The Balaban J connectivity index is 1.49. The number of fused-ring (bicyclic) bond motifs is 8. The molecule has 0 saturated heterocycles. The summed E-state index contributed by atoms with van der Waals surface area (Å²) < 4.78 is 5.00. The van der Waals surface area contributed by atoms with Crippen molar-refractivity contribution < 1.29 is 0 Å². The van der Waals surface area contributed by atoms with Gasteiger partial charge in [0.05, 0.1) is 22.4 Å². The molecule has 3 heterocycles. The second-order valence-electron chi connectivity index (χ2n) is 10.2. The molecule has 1 aliphatic heterocycles. The minimum Gasteiger partial charge on any atom is -0.294 e. The number of benzene rings is 6. The highest BCUT2D eigenvalue weighted by Crippen LogP contribution is 2.49. The van der Waals surface area contributed by atoms with Crippen molar-refractivity contribution in [2.75, 3.05) is 0 Å². The first kappa shape index (κ1) is 21.2. The third kappa shape index (κ3) is 2.83. The molecule has 0 saturated carbocycles. The van der Waals surface area contributed by atoms with E-state index in [1.54, 1.807) is 0 Å². The Bertz CT molecular complexity index is 2250. The number of para-hydroxylation sites is 3. The molecule has 182 valence electrons. The van der Waals surface area contributed by atoms with Crippen molar-refractivity contribution in [1.29, 1.82) is 0 Å². The Morgan fingerprint density at radius 1 is 0.436 bits per heavy atom. The van der Waals surface area contributed by atoms with Gasteiger partial charge in [0.1, 0.15) is 5.65 Å². The van der Waals surface area contributed by atoms with E-state index >= 15 is 0 Å². The second kappa shape index (κ2) is 7.89. The summed E-state index contributed by atoms with van der Waals surface area (Å²) in [4.78, 5) is 2.60. The van der Waals surface area contributed by atoms with Gasteiger partial charge in [0.2, 0.25) is 0 Å². The van der Waals surface area contributed by atoms with Crippen molar-refractivity contribution >= 4 is 55.4 Å². The first-order valence-electron chi connectivity index (χ1n) is 13.3. The predicted octanol–water partition coefficient (Wildman–Crippen LogP) is 10.0. The van der Waals surface area contributed by atoms with E-state index in [-0.39, 0.29) is 0 Å². The maximum atomic E-state index is 2.51. The van der Waals surface area contributed by atoms with Crippen LogP contribution in [0.1, 0.15) is 0 Å². The molecule has 0 spiro atoms. The highest BCUT2D eigenvalue weighted by molar-refractivity contribution is 7.99. The largest absolute Gasteiger partial charge is 0.294 e. The van der Waals surface area contributed by atoms with Crippen LogP contribution in [0.15, 0.2) is 143 Å². The highest BCUT2D eigenvalue weighted by Gasteiger charge is 2.28. The molecule has 8 aromatic rings. The smallest absolute Gasteiger partial charge is 0.131 e. The molecule has 0 unspecified atom stereocenters. The Morgan fingerprint density at radius 3 is 2.03 bits per heavy atom. The number of hydrogen-bond acceptors (Lipinski definition) is 1. The van der Waals surface area contributed by atoms with Crippen LogP contribution in [0.25, 0.3) is 66.1 Å². The van der Waals surface area contributed by atoms with Gasteiger partial charge in [-0.1, -0.05) is 115 Å². The van der Waals surface area contributed by atoms with Gasteiger partial charge in [-0.05, 0) is 46.8 Å². The minimum atomic E-state index is 1.20. The molecule has 0 bridgehead atoms. The summed E-state index contributed by atoms with van der Waals surface area (Å²) in [5.74, 6) is 0. The molecule has 1 aliphatic rings. The fraction of sp³-hybridized carbons (Fsp3) is 0. The second-order valence-corrected chi connectivity index (χ2v) is 11.2. The van der Waals surface area contributed by atoms with E-state index in [2.05, 4.69) is 143 Å². The van der Waals surface area contributed by atoms with Crippen LogP contribution in [0.2, 0.25) is 0 Å². The lowest BCUT2D eigenvalue weighted by Crippen LogP contribution is -2.06. The maximum absolute atomic E-state index is 2.51. The summed E-state index contributed by atoms with van der Waals surface area (Å²) >= 11 is 1.87. The summed E-state index contributed by atoms with van der Waals surface area (Å²) in [7, 11) is 0. The summed E-state index contributed by atoms with van der Waals surface area (Å²) in [5, 5.41) is 6.42. The number of aromatic nitrogens is 2. The SMILES string of the molecule is c1ccc(-c2ccc(-n3c4ccccc4c4c5cccc6c5n(c43)-c3ccccc3S6)c3ccccc23)cc1. The van der Waals surface area contributed by atoms with Gasteiger partial charge in [-0.3, -0.25) is 9.13 Å². The lowest BCUT2D eigenvalue weighted by Gasteiger charge is -2.21. The zero-order valence-corrected chi connectivity index (χ0v) is 21.8. The zero-order valence-electron chi connectivity index (χ0n) is 21.0. The van der Waals surface area contributed by atoms with E-state index in [4.69, 9.17) is 0 Å². The van der Waals surface area contributed by atoms with Gasteiger partial charge >= 0.3 is 0 Å². The average Bonchev–Trinajstić information content (AvgIpc) is 3.52. The summed E-state index contributed by atoms with van der Waals surface area (Å²) in [6.07, 6.45) is 0. The van der Waals surface area contributed by atoms with Gasteiger partial charge in [0.15, 0.2) is 0 Å². The maximum Gasteiger partial charge on any atom is 0.131 e. The molecule has 0 atom stereocenters. The molecular formula is C36H22N2S. The normalized spacial score (nSPS) is 12.5. The van der Waals surface area contributed by atoms with E-state index in [0.29, 0.717) is 0 Å². The van der Waals surface area contributed by atoms with Crippen LogP contribution in [0.5, 0.6) is 0 Å². The quantitative estimate of drug-likeness (QED) is 0.223. The van der Waals surface area contributed by atoms with E-state index in [1.807, 2.05) is 11.8 Å². The Morgan fingerprint density at radius 2 is 1.13 bits per heavy atom. The van der Waals surface area contributed by atoms with Crippen LogP contribution in [0, 0.1) is 0 Å². The first-order chi connectivity index (χ1) is 19.4. The predicted molar refractivity (Wildman–Crippen MR) is 165 cm³/mol. The molecule has 2 nitrogen and oxygen atoms in total. The zero-order chi connectivity index (χ0) is 25.5. The van der Waals surface area contributed by atoms with Crippen LogP contribution >= 0.6 is 11.8 Å². The van der Waals surface area contributed by atoms with Crippen LogP contribution in [-0.2, 0) is 0 Å². The van der Waals surface area contributed by atoms with Crippen LogP contribution in [0.4, 0.5) is 0 Å².